The van der Waals surface area contributed by atoms with Gasteiger partial charge in [-0.2, -0.15) is 4.57 Å². The van der Waals surface area contributed by atoms with Crippen LogP contribution in [0.15, 0.2) is 23.2 Å². The molecule has 0 radical (unpaired) electrons. The zero-order valence-electron chi connectivity index (χ0n) is 6.94. The average Bonchev–Trinajstić information content (AvgIpc) is 2.04. The largest absolute Gasteiger partial charge is 0.473 e. The van der Waals surface area contributed by atoms with Gasteiger partial charge in [0.1, 0.15) is 7.05 Å². The van der Waals surface area contributed by atoms with Crippen LogP contribution in [0.3, 0.4) is 0 Å². The molecular weight excluding hydrogens is 174 g/mol. The second-order valence-electron chi connectivity index (χ2n) is 2.32. The summed E-state index contributed by atoms with van der Waals surface area (Å²) in [5.74, 6) is -0.895. The summed E-state index contributed by atoms with van der Waals surface area (Å²) in [7, 11) is 1.75. The van der Waals surface area contributed by atoms with Crippen molar-refractivity contribution in [2.75, 3.05) is 6.26 Å². The first kappa shape index (κ1) is 9.06. The average molecular weight is 184 g/mol. The van der Waals surface area contributed by atoms with E-state index in [1.165, 1.54) is 11.8 Å². The lowest BCUT2D eigenvalue weighted by molar-refractivity contribution is -0.711. The van der Waals surface area contributed by atoms with Crippen LogP contribution in [0.25, 0.3) is 0 Å². The number of pyridine rings is 1. The maximum Gasteiger partial charge on any atom is 0.401 e. The smallest absolute Gasteiger partial charge is 0.401 e. The van der Waals surface area contributed by atoms with Gasteiger partial charge in [-0.1, -0.05) is 11.8 Å². The number of thioether (sulfide) groups is 1. The van der Waals surface area contributed by atoms with Gasteiger partial charge in [0.15, 0.2) is 0 Å². The summed E-state index contributed by atoms with van der Waals surface area (Å²) in [5.41, 5.74) is 0.307. The van der Waals surface area contributed by atoms with Crippen LogP contribution in [0.5, 0.6) is 0 Å². The van der Waals surface area contributed by atoms with Crippen molar-refractivity contribution in [3.8, 4) is 0 Å². The van der Waals surface area contributed by atoms with Gasteiger partial charge in [0, 0.05) is 12.1 Å². The van der Waals surface area contributed by atoms with Crippen LogP contribution in [0.1, 0.15) is 10.5 Å². The first-order valence-electron chi connectivity index (χ1n) is 3.43. The van der Waals surface area contributed by atoms with E-state index < -0.39 is 5.97 Å². The van der Waals surface area contributed by atoms with Gasteiger partial charge in [-0.25, -0.2) is 4.79 Å². The number of aromatic nitrogens is 1. The van der Waals surface area contributed by atoms with Gasteiger partial charge in [-0.05, 0) is 12.3 Å². The predicted molar refractivity (Wildman–Crippen MR) is 46.4 cm³/mol. The van der Waals surface area contributed by atoms with E-state index in [9.17, 15) is 4.79 Å². The van der Waals surface area contributed by atoms with Crippen LogP contribution in [-0.4, -0.2) is 17.3 Å². The third kappa shape index (κ3) is 1.58. The minimum absolute atomic E-state index is 0.307. The molecule has 4 heteroatoms. The molecule has 0 saturated heterocycles. The van der Waals surface area contributed by atoms with Crippen molar-refractivity contribution in [3.63, 3.8) is 0 Å². The molecule has 12 heavy (non-hydrogen) atoms. The predicted octanol–water partition coefficient (Wildman–Crippen LogP) is 0.931. The van der Waals surface area contributed by atoms with E-state index in [0.717, 1.165) is 5.03 Å². The van der Waals surface area contributed by atoms with E-state index in [1.54, 1.807) is 23.7 Å². The number of rotatable bonds is 2. The molecule has 64 valence electrons. The van der Waals surface area contributed by atoms with Gasteiger partial charge >= 0.3 is 5.97 Å². The molecule has 0 saturated carbocycles. The maximum atomic E-state index is 10.7. The van der Waals surface area contributed by atoms with Crippen LogP contribution in [0.4, 0.5) is 0 Å². The van der Waals surface area contributed by atoms with E-state index in [0.29, 0.717) is 5.69 Å². The summed E-state index contributed by atoms with van der Waals surface area (Å²) in [6.07, 6.45) is 1.92. The molecular formula is C8H10NO2S+. The van der Waals surface area contributed by atoms with Crippen molar-refractivity contribution in [2.45, 2.75) is 5.03 Å². The van der Waals surface area contributed by atoms with Crippen LogP contribution < -0.4 is 4.57 Å². The fourth-order valence-corrected chi connectivity index (χ4v) is 1.57. The molecule has 0 amide bonds. The van der Waals surface area contributed by atoms with Gasteiger partial charge in [0.25, 0.3) is 5.69 Å². The number of hydrogen-bond acceptors (Lipinski definition) is 2. The Hall–Kier alpha value is -1.03. The molecule has 1 N–H and O–H groups in total. The van der Waals surface area contributed by atoms with E-state index >= 15 is 0 Å². The Balaban J connectivity index is 3.23. The molecule has 1 heterocycles. The van der Waals surface area contributed by atoms with Crippen LogP contribution in [0.2, 0.25) is 0 Å². The van der Waals surface area contributed by atoms with Gasteiger partial charge in [0.2, 0.25) is 5.03 Å². The molecule has 0 unspecified atom stereocenters. The Kier molecular flexibility index (Phi) is 2.70. The number of hydrogen-bond donors (Lipinski definition) is 1. The van der Waals surface area contributed by atoms with Gasteiger partial charge in [0.05, 0.1) is 0 Å². The van der Waals surface area contributed by atoms with Crippen molar-refractivity contribution in [2.24, 2.45) is 7.05 Å². The second kappa shape index (κ2) is 3.58. The van der Waals surface area contributed by atoms with Gasteiger partial charge < -0.3 is 5.11 Å². The number of aromatic carboxylic acids is 1. The Bertz CT molecular complexity index is 312. The topological polar surface area (TPSA) is 41.2 Å². The molecule has 1 rings (SSSR count). The first-order chi connectivity index (χ1) is 5.66. The molecule has 0 aromatic carbocycles. The van der Waals surface area contributed by atoms with E-state index in [2.05, 4.69) is 0 Å². The number of nitrogens with zero attached hydrogens (tertiary/aromatic N) is 1. The number of carboxylic acid groups (broad SMARTS) is 1. The minimum atomic E-state index is -0.895. The van der Waals surface area contributed by atoms with Gasteiger partial charge in [-0.3, -0.25) is 0 Å². The fourth-order valence-electron chi connectivity index (χ4n) is 0.984. The Labute approximate surface area is 75.0 Å². The highest BCUT2D eigenvalue weighted by Crippen LogP contribution is 2.08. The Morgan fingerprint density at radius 3 is 2.75 bits per heavy atom. The summed E-state index contributed by atoms with van der Waals surface area (Å²) >= 11 is 1.53. The van der Waals surface area contributed by atoms with E-state index in [-0.39, 0.29) is 0 Å². The van der Waals surface area contributed by atoms with Crippen molar-refractivity contribution in [3.05, 3.63) is 23.9 Å². The quantitative estimate of drug-likeness (QED) is 0.549. The van der Waals surface area contributed by atoms with Crippen molar-refractivity contribution < 1.29 is 14.5 Å². The lowest BCUT2D eigenvalue weighted by Gasteiger charge is -1.97. The van der Waals surface area contributed by atoms with Crippen molar-refractivity contribution in [1.82, 2.24) is 0 Å². The first-order valence-corrected chi connectivity index (χ1v) is 4.65. The molecule has 0 aliphatic rings. The van der Waals surface area contributed by atoms with Gasteiger partial charge in [-0.15, -0.1) is 0 Å². The van der Waals surface area contributed by atoms with Crippen LogP contribution in [0, 0.1) is 0 Å². The Morgan fingerprint density at radius 2 is 2.25 bits per heavy atom. The zero-order valence-corrected chi connectivity index (χ0v) is 7.76. The third-order valence-corrected chi connectivity index (χ3v) is 2.44. The summed E-state index contributed by atoms with van der Waals surface area (Å²) in [6, 6.07) is 5.22. The SMILES string of the molecule is CSc1cccc(C(=O)O)[n+]1C. The lowest BCUT2D eigenvalue weighted by atomic mass is 10.3. The summed E-state index contributed by atoms with van der Waals surface area (Å²) in [4.78, 5) is 10.7. The molecule has 1 aromatic heterocycles. The highest BCUT2D eigenvalue weighted by Gasteiger charge is 2.17. The normalized spacial score (nSPS) is 9.83. The second-order valence-corrected chi connectivity index (χ2v) is 3.14. The Morgan fingerprint density at radius 1 is 1.58 bits per heavy atom. The summed E-state index contributed by atoms with van der Waals surface area (Å²) in [6.45, 7) is 0. The molecule has 0 fully saturated rings. The molecule has 0 aliphatic carbocycles. The highest BCUT2D eigenvalue weighted by molar-refractivity contribution is 7.98. The van der Waals surface area contributed by atoms with E-state index in [4.69, 9.17) is 5.11 Å². The molecule has 3 nitrogen and oxygen atoms in total. The minimum Gasteiger partial charge on any atom is -0.473 e. The monoisotopic (exact) mass is 184 g/mol. The molecule has 0 atom stereocenters. The molecule has 0 aliphatic heterocycles. The lowest BCUT2D eigenvalue weighted by Crippen LogP contribution is -2.38. The van der Waals surface area contributed by atoms with E-state index in [1.807, 2.05) is 12.3 Å². The summed E-state index contributed by atoms with van der Waals surface area (Å²) < 4.78 is 1.66. The third-order valence-electron chi connectivity index (χ3n) is 1.61. The standard InChI is InChI=1S/C8H9NO2S/c1-9-6(8(10)11)4-3-5-7(9)12-2/h3-5H,1-2H3/p+1. The highest BCUT2D eigenvalue weighted by atomic mass is 32.2. The van der Waals surface area contributed by atoms with Crippen molar-refractivity contribution >= 4 is 17.7 Å². The van der Waals surface area contributed by atoms with Crippen LogP contribution in [-0.2, 0) is 7.05 Å². The zero-order chi connectivity index (χ0) is 9.14. The molecule has 1 aromatic rings. The van der Waals surface area contributed by atoms with Crippen LogP contribution >= 0.6 is 11.8 Å². The number of carbonyl (C=O) groups is 1. The van der Waals surface area contributed by atoms with Crippen molar-refractivity contribution in [1.29, 1.82) is 0 Å². The fraction of sp³-hybridized carbons (Fsp3) is 0.250. The maximum absolute atomic E-state index is 10.7. The molecule has 0 spiro atoms. The number of carboxylic acids is 1. The molecule has 0 bridgehead atoms. The summed E-state index contributed by atoms with van der Waals surface area (Å²) in [5, 5.41) is 9.70.